The van der Waals surface area contributed by atoms with Crippen molar-refractivity contribution in [1.82, 2.24) is 5.32 Å². The summed E-state index contributed by atoms with van der Waals surface area (Å²) in [5.41, 5.74) is 5.37. The van der Waals surface area contributed by atoms with Gasteiger partial charge in [-0.3, -0.25) is 4.79 Å². The molecule has 0 saturated carbocycles. The molecule has 1 fully saturated rings. The van der Waals surface area contributed by atoms with Crippen LogP contribution in [-0.2, 0) is 9.53 Å². The minimum absolute atomic E-state index is 0.143. The van der Waals surface area contributed by atoms with Gasteiger partial charge in [-0.05, 0) is 31.6 Å². The summed E-state index contributed by atoms with van der Waals surface area (Å²) in [5.74, 6) is 1.67. The molecule has 1 aliphatic heterocycles. The van der Waals surface area contributed by atoms with Crippen LogP contribution in [0.2, 0.25) is 0 Å². The number of carbonyl (C=O) groups excluding carboxylic acids is 1. The summed E-state index contributed by atoms with van der Waals surface area (Å²) in [6.45, 7) is 2.24. The van der Waals surface area contributed by atoms with Gasteiger partial charge in [0.2, 0.25) is 5.91 Å². The normalized spacial score (nSPS) is 17.7. The Kier molecular flexibility index (Phi) is 6.80. The molecule has 0 aromatic heterocycles. The third-order valence-corrected chi connectivity index (χ3v) is 3.36. The van der Waals surface area contributed by atoms with Crippen LogP contribution < -0.4 is 11.1 Å². The molecular weight excluding hydrogens is 212 g/mol. The van der Waals surface area contributed by atoms with Gasteiger partial charge in [-0.15, -0.1) is 0 Å². The van der Waals surface area contributed by atoms with Crippen molar-refractivity contribution < 1.29 is 9.53 Å². The first kappa shape index (κ1) is 12.8. The van der Waals surface area contributed by atoms with E-state index in [4.69, 9.17) is 10.5 Å². The van der Waals surface area contributed by atoms with Crippen LogP contribution in [-0.4, -0.2) is 43.2 Å². The minimum Gasteiger partial charge on any atom is -0.381 e. The van der Waals surface area contributed by atoms with E-state index in [9.17, 15) is 4.79 Å². The predicted octanol–water partition coefficient (Wildman–Crippen LogP) is 0.364. The van der Waals surface area contributed by atoms with E-state index < -0.39 is 0 Å². The Bertz CT molecular complexity index is 184. The molecule has 0 aliphatic carbocycles. The molecule has 0 aromatic carbocycles. The van der Waals surface area contributed by atoms with Gasteiger partial charge in [0.15, 0.2) is 0 Å². The Morgan fingerprint density at radius 3 is 2.87 bits per heavy atom. The van der Waals surface area contributed by atoms with Gasteiger partial charge in [0.25, 0.3) is 0 Å². The molecular formula is C10H20N2O2S. The Balaban J connectivity index is 2.01. The minimum atomic E-state index is 0.143. The molecule has 0 radical (unpaired) electrons. The molecule has 0 bridgehead atoms. The number of hydrogen-bond acceptors (Lipinski definition) is 4. The standard InChI is InChI=1S/C10H20N2O2S/c11-4-1-7-15-8-10(13)12-9-2-5-14-6-3-9/h9H,1-8,11H2,(H,12,13). The van der Waals surface area contributed by atoms with Gasteiger partial charge in [0, 0.05) is 19.3 Å². The molecule has 0 unspecified atom stereocenters. The lowest BCUT2D eigenvalue weighted by molar-refractivity contribution is -0.119. The number of rotatable bonds is 6. The molecule has 88 valence electrons. The molecule has 1 rings (SSSR count). The molecule has 1 aliphatic rings. The fraction of sp³-hybridized carbons (Fsp3) is 0.900. The average Bonchev–Trinajstić information content (AvgIpc) is 2.26. The Hall–Kier alpha value is -0.260. The molecule has 0 atom stereocenters. The van der Waals surface area contributed by atoms with Crippen molar-refractivity contribution in [2.75, 3.05) is 31.3 Å². The fourth-order valence-electron chi connectivity index (χ4n) is 1.46. The zero-order valence-corrected chi connectivity index (χ0v) is 9.85. The van der Waals surface area contributed by atoms with Crippen LogP contribution in [0, 0.1) is 0 Å². The van der Waals surface area contributed by atoms with E-state index in [1.807, 2.05) is 0 Å². The molecule has 1 heterocycles. The third-order valence-electron chi connectivity index (χ3n) is 2.31. The fourth-order valence-corrected chi connectivity index (χ4v) is 2.25. The maximum atomic E-state index is 11.5. The predicted molar refractivity (Wildman–Crippen MR) is 63.0 cm³/mol. The number of amides is 1. The molecule has 3 N–H and O–H groups in total. The zero-order valence-electron chi connectivity index (χ0n) is 9.04. The molecule has 4 nitrogen and oxygen atoms in total. The summed E-state index contributed by atoms with van der Waals surface area (Å²) in [7, 11) is 0. The second-order valence-electron chi connectivity index (χ2n) is 3.65. The van der Waals surface area contributed by atoms with E-state index in [1.165, 1.54) is 0 Å². The lowest BCUT2D eigenvalue weighted by Crippen LogP contribution is -2.39. The number of carbonyl (C=O) groups is 1. The molecule has 15 heavy (non-hydrogen) atoms. The summed E-state index contributed by atoms with van der Waals surface area (Å²) in [5, 5.41) is 3.02. The van der Waals surface area contributed by atoms with E-state index >= 15 is 0 Å². The van der Waals surface area contributed by atoms with E-state index in [0.717, 1.165) is 38.2 Å². The van der Waals surface area contributed by atoms with Crippen LogP contribution in [0.4, 0.5) is 0 Å². The first-order valence-electron chi connectivity index (χ1n) is 5.48. The van der Waals surface area contributed by atoms with E-state index in [0.29, 0.717) is 18.3 Å². The van der Waals surface area contributed by atoms with E-state index in [1.54, 1.807) is 11.8 Å². The topological polar surface area (TPSA) is 64.4 Å². The first-order chi connectivity index (χ1) is 7.33. The Morgan fingerprint density at radius 2 is 2.20 bits per heavy atom. The van der Waals surface area contributed by atoms with Crippen LogP contribution in [0.15, 0.2) is 0 Å². The number of thioether (sulfide) groups is 1. The molecule has 5 heteroatoms. The second-order valence-corrected chi connectivity index (χ2v) is 4.75. The highest BCUT2D eigenvalue weighted by Gasteiger charge is 2.15. The van der Waals surface area contributed by atoms with Crippen molar-refractivity contribution in [1.29, 1.82) is 0 Å². The van der Waals surface area contributed by atoms with Gasteiger partial charge in [-0.2, -0.15) is 11.8 Å². The SMILES string of the molecule is NCCCSCC(=O)NC1CCOCC1. The maximum Gasteiger partial charge on any atom is 0.230 e. The van der Waals surface area contributed by atoms with Gasteiger partial charge < -0.3 is 15.8 Å². The summed E-state index contributed by atoms with van der Waals surface area (Å²) < 4.78 is 5.22. The largest absolute Gasteiger partial charge is 0.381 e. The smallest absolute Gasteiger partial charge is 0.230 e. The van der Waals surface area contributed by atoms with Gasteiger partial charge in [0.1, 0.15) is 0 Å². The lowest BCUT2D eigenvalue weighted by Gasteiger charge is -2.22. The van der Waals surface area contributed by atoms with Crippen molar-refractivity contribution >= 4 is 17.7 Å². The molecule has 1 amide bonds. The lowest BCUT2D eigenvalue weighted by atomic mass is 10.1. The average molecular weight is 232 g/mol. The van der Waals surface area contributed by atoms with Crippen LogP contribution in [0.25, 0.3) is 0 Å². The highest BCUT2D eigenvalue weighted by atomic mass is 32.2. The monoisotopic (exact) mass is 232 g/mol. The second kappa shape index (κ2) is 7.96. The summed E-state index contributed by atoms with van der Waals surface area (Å²) in [4.78, 5) is 11.5. The van der Waals surface area contributed by atoms with Crippen LogP contribution in [0.3, 0.4) is 0 Å². The van der Waals surface area contributed by atoms with Gasteiger partial charge in [-0.25, -0.2) is 0 Å². The molecule has 0 aromatic rings. The Labute approximate surface area is 95.3 Å². The van der Waals surface area contributed by atoms with Gasteiger partial charge in [0.05, 0.1) is 5.75 Å². The van der Waals surface area contributed by atoms with Crippen molar-refractivity contribution in [3.8, 4) is 0 Å². The number of ether oxygens (including phenoxy) is 1. The van der Waals surface area contributed by atoms with Crippen molar-refractivity contribution in [2.45, 2.75) is 25.3 Å². The molecule has 1 saturated heterocycles. The summed E-state index contributed by atoms with van der Waals surface area (Å²) >= 11 is 1.65. The highest BCUT2D eigenvalue weighted by molar-refractivity contribution is 7.99. The van der Waals surface area contributed by atoms with Crippen LogP contribution in [0.1, 0.15) is 19.3 Å². The summed E-state index contributed by atoms with van der Waals surface area (Å²) in [6.07, 6.45) is 2.87. The van der Waals surface area contributed by atoms with Gasteiger partial charge >= 0.3 is 0 Å². The number of nitrogens with one attached hydrogen (secondary N) is 1. The summed E-state index contributed by atoms with van der Waals surface area (Å²) in [6, 6.07) is 0.321. The quantitative estimate of drug-likeness (QED) is 0.649. The van der Waals surface area contributed by atoms with Crippen molar-refractivity contribution in [3.05, 3.63) is 0 Å². The number of nitrogens with two attached hydrogens (primary N) is 1. The van der Waals surface area contributed by atoms with Crippen LogP contribution >= 0.6 is 11.8 Å². The third kappa shape index (κ3) is 6.02. The number of hydrogen-bond donors (Lipinski definition) is 2. The molecule has 0 spiro atoms. The first-order valence-corrected chi connectivity index (χ1v) is 6.63. The van der Waals surface area contributed by atoms with Crippen molar-refractivity contribution in [2.24, 2.45) is 5.73 Å². The van der Waals surface area contributed by atoms with Crippen molar-refractivity contribution in [3.63, 3.8) is 0 Å². The van der Waals surface area contributed by atoms with Crippen LogP contribution in [0.5, 0.6) is 0 Å². The van der Waals surface area contributed by atoms with E-state index in [2.05, 4.69) is 5.32 Å². The zero-order chi connectivity index (χ0) is 10.9. The maximum absolute atomic E-state index is 11.5. The van der Waals surface area contributed by atoms with Gasteiger partial charge in [-0.1, -0.05) is 0 Å². The Morgan fingerprint density at radius 1 is 1.47 bits per heavy atom. The van der Waals surface area contributed by atoms with E-state index in [-0.39, 0.29) is 5.91 Å². The highest BCUT2D eigenvalue weighted by Crippen LogP contribution is 2.07.